The summed E-state index contributed by atoms with van der Waals surface area (Å²) in [5.74, 6) is -0.716. The largest absolute Gasteiger partial charge is 0.550 e. The molecule has 0 aliphatic carbocycles. The van der Waals surface area contributed by atoms with Crippen LogP contribution in [0.25, 0.3) is 10.9 Å². The Hall–Kier alpha value is -2.50. The molecule has 2 N–H and O–H groups in total. The Balaban J connectivity index is 1.91. The third-order valence-electron chi connectivity index (χ3n) is 3.25. The van der Waals surface area contributed by atoms with Crippen molar-refractivity contribution in [2.75, 3.05) is 13.7 Å². The zero-order valence-corrected chi connectivity index (χ0v) is 11.8. The minimum atomic E-state index is -1.21. The number of nitrogens with one attached hydrogen (secondary N) is 2. The Bertz CT molecular complexity index is 648. The predicted octanol–water partition coefficient (Wildman–Crippen LogP) is 0.365. The van der Waals surface area contributed by atoms with E-state index < -0.39 is 5.97 Å². The third kappa shape index (κ3) is 3.98. The van der Waals surface area contributed by atoms with Crippen LogP contribution in [0.2, 0.25) is 0 Å². The maximum absolute atomic E-state index is 11.4. The molecule has 0 aliphatic rings. The second kappa shape index (κ2) is 6.78. The lowest BCUT2D eigenvalue weighted by Crippen LogP contribution is -2.29. The first-order valence-electron chi connectivity index (χ1n) is 6.70. The molecule has 6 heteroatoms. The molecule has 0 atom stereocenters. The number of hydrogen-bond acceptors (Lipinski definition) is 4. The molecule has 1 aromatic heterocycles. The molecule has 0 saturated carbocycles. The SMILES string of the molecule is COc1ccc2[nH]cc(CCNC(=O)CCC(=O)[O-])c2c1. The van der Waals surface area contributed by atoms with E-state index in [-0.39, 0.29) is 18.7 Å². The average molecular weight is 289 g/mol. The fourth-order valence-corrected chi connectivity index (χ4v) is 2.13. The minimum Gasteiger partial charge on any atom is -0.550 e. The van der Waals surface area contributed by atoms with Gasteiger partial charge < -0.3 is 24.9 Å². The number of fused-ring (bicyclic) bond motifs is 1. The maximum Gasteiger partial charge on any atom is 0.220 e. The Kier molecular flexibility index (Phi) is 4.81. The third-order valence-corrected chi connectivity index (χ3v) is 3.25. The van der Waals surface area contributed by atoms with E-state index in [2.05, 4.69) is 10.3 Å². The van der Waals surface area contributed by atoms with Gasteiger partial charge in [0.25, 0.3) is 0 Å². The number of carboxylic acids is 1. The summed E-state index contributed by atoms with van der Waals surface area (Å²) in [6, 6.07) is 5.76. The molecular weight excluding hydrogens is 272 g/mol. The second-order valence-electron chi connectivity index (χ2n) is 4.70. The Labute approximate surface area is 122 Å². The van der Waals surface area contributed by atoms with Gasteiger partial charge in [0.15, 0.2) is 0 Å². The number of amides is 1. The van der Waals surface area contributed by atoms with Gasteiger partial charge in [-0.3, -0.25) is 4.79 Å². The van der Waals surface area contributed by atoms with Crippen molar-refractivity contribution in [1.29, 1.82) is 0 Å². The van der Waals surface area contributed by atoms with E-state index in [1.165, 1.54) is 0 Å². The van der Waals surface area contributed by atoms with Gasteiger partial charge in [0.05, 0.1) is 7.11 Å². The molecule has 2 rings (SSSR count). The number of methoxy groups -OCH3 is 1. The molecule has 0 radical (unpaired) electrons. The molecule has 112 valence electrons. The number of carbonyl (C=O) groups excluding carboxylic acids is 2. The smallest absolute Gasteiger partial charge is 0.220 e. The van der Waals surface area contributed by atoms with Crippen LogP contribution in [0.15, 0.2) is 24.4 Å². The Morgan fingerprint density at radius 1 is 1.33 bits per heavy atom. The second-order valence-corrected chi connectivity index (χ2v) is 4.70. The standard InChI is InChI=1S/C15H18N2O4/c1-21-11-2-3-13-12(8-11)10(9-17-13)6-7-16-14(18)4-5-15(19)20/h2-3,8-9,17H,4-7H2,1H3,(H,16,18)(H,19,20)/p-1. The monoisotopic (exact) mass is 289 g/mol. The lowest BCUT2D eigenvalue weighted by molar-refractivity contribution is -0.305. The summed E-state index contributed by atoms with van der Waals surface area (Å²) >= 11 is 0. The van der Waals surface area contributed by atoms with E-state index in [0.717, 1.165) is 22.2 Å². The van der Waals surface area contributed by atoms with Gasteiger partial charge in [-0.2, -0.15) is 0 Å². The van der Waals surface area contributed by atoms with Crippen LogP contribution in [0.1, 0.15) is 18.4 Å². The Morgan fingerprint density at radius 3 is 2.86 bits per heavy atom. The number of aromatic nitrogens is 1. The van der Waals surface area contributed by atoms with Crippen molar-refractivity contribution >= 4 is 22.8 Å². The fraction of sp³-hybridized carbons (Fsp3) is 0.333. The molecule has 0 saturated heterocycles. The number of ether oxygens (including phenoxy) is 1. The number of H-pyrrole nitrogens is 1. The van der Waals surface area contributed by atoms with Crippen molar-refractivity contribution in [1.82, 2.24) is 10.3 Å². The molecule has 1 aromatic carbocycles. The molecule has 0 aliphatic heterocycles. The summed E-state index contributed by atoms with van der Waals surface area (Å²) < 4.78 is 5.20. The lowest BCUT2D eigenvalue weighted by Gasteiger charge is -2.06. The highest BCUT2D eigenvalue weighted by Gasteiger charge is 2.06. The average Bonchev–Trinajstić information content (AvgIpc) is 2.87. The summed E-state index contributed by atoms with van der Waals surface area (Å²) in [4.78, 5) is 24.8. The summed E-state index contributed by atoms with van der Waals surface area (Å²) in [7, 11) is 1.62. The van der Waals surface area contributed by atoms with Gasteiger partial charge in [0, 0.05) is 36.0 Å². The van der Waals surface area contributed by atoms with Gasteiger partial charge in [0.1, 0.15) is 5.75 Å². The van der Waals surface area contributed by atoms with E-state index in [9.17, 15) is 14.7 Å². The molecule has 1 heterocycles. The van der Waals surface area contributed by atoms with Gasteiger partial charge in [-0.1, -0.05) is 0 Å². The first kappa shape index (κ1) is 14.9. The summed E-state index contributed by atoms with van der Waals surface area (Å²) in [6.07, 6.45) is 2.25. The van der Waals surface area contributed by atoms with Crippen LogP contribution in [0.3, 0.4) is 0 Å². The predicted molar refractivity (Wildman–Crippen MR) is 75.8 cm³/mol. The number of aliphatic carboxylic acids is 1. The van der Waals surface area contributed by atoms with E-state index in [0.29, 0.717) is 13.0 Å². The van der Waals surface area contributed by atoms with Crippen LogP contribution in [-0.4, -0.2) is 30.5 Å². The molecular formula is C15H17N2O4-. The van der Waals surface area contributed by atoms with Crippen molar-refractivity contribution in [3.8, 4) is 5.75 Å². The van der Waals surface area contributed by atoms with Gasteiger partial charge >= 0.3 is 0 Å². The van der Waals surface area contributed by atoms with Crippen molar-refractivity contribution < 1.29 is 19.4 Å². The van der Waals surface area contributed by atoms with E-state index in [1.807, 2.05) is 24.4 Å². The van der Waals surface area contributed by atoms with Crippen molar-refractivity contribution in [3.63, 3.8) is 0 Å². The van der Waals surface area contributed by atoms with Crippen LogP contribution in [0, 0.1) is 0 Å². The van der Waals surface area contributed by atoms with Gasteiger partial charge in [-0.05, 0) is 36.6 Å². The van der Waals surface area contributed by atoms with Gasteiger partial charge in [0.2, 0.25) is 5.91 Å². The molecule has 0 bridgehead atoms. The van der Waals surface area contributed by atoms with Crippen LogP contribution in [-0.2, 0) is 16.0 Å². The minimum absolute atomic E-state index is 0.0515. The highest BCUT2D eigenvalue weighted by Crippen LogP contribution is 2.23. The van der Waals surface area contributed by atoms with E-state index in [1.54, 1.807) is 7.11 Å². The number of benzene rings is 1. The topological polar surface area (TPSA) is 94.2 Å². The molecule has 0 spiro atoms. The molecule has 0 fully saturated rings. The quantitative estimate of drug-likeness (QED) is 0.769. The summed E-state index contributed by atoms with van der Waals surface area (Å²) in [5.41, 5.74) is 2.08. The molecule has 6 nitrogen and oxygen atoms in total. The number of aromatic amines is 1. The fourth-order valence-electron chi connectivity index (χ4n) is 2.13. The number of carboxylic acid groups (broad SMARTS) is 1. The maximum atomic E-state index is 11.4. The summed E-state index contributed by atoms with van der Waals surface area (Å²) in [5, 5.41) is 14.0. The normalized spacial score (nSPS) is 10.5. The van der Waals surface area contributed by atoms with Gasteiger partial charge in [-0.25, -0.2) is 0 Å². The van der Waals surface area contributed by atoms with Crippen molar-refractivity contribution in [2.45, 2.75) is 19.3 Å². The molecule has 1 amide bonds. The zero-order valence-electron chi connectivity index (χ0n) is 11.8. The zero-order chi connectivity index (χ0) is 15.2. The molecule has 0 unspecified atom stereocenters. The van der Waals surface area contributed by atoms with Crippen molar-refractivity contribution in [3.05, 3.63) is 30.0 Å². The van der Waals surface area contributed by atoms with Crippen LogP contribution < -0.4 is 15.2 Å². The number of carbonyl (C=O) groups is 2. The van der Waals surface area contributed by atoms with Crippen LogP contribution >= 0.6 is 0 Å². The highest BCUT2D eigenvalue weighted by molar-refractivity contribution is 5.85. The summed E-state index contributed by atoms with van der Waals surface area (Å²) in [6.45, 7) is 0.454. The number of rotatable bonds is 7. The molecule has 2 aromatic rings. The van der Waals surface area contributed by atoms with E-state index >= 15 is 0 Å². The van der Waals surface area contributed by atoms with Crippen molar-refractivity contribution in [2.24, 2.45) is 0 Å². The highest BCUT2D eigenvalue weighted by atomic mass is 16.5. The Morgan fingerprint density at radius 2 is 2.14 bits per heavy atom. The van der Waals surface area contributed by atoms with Crippen LogP contribution in [0.5, 0.6) is 5.75 Å². The lowest BCUT2D eigenvalue weighted by atomic mass is 10.1. The van der Waals surface area contributed by atoms with E-state index in [4.69, 9.17) is 4.74 Å². The first-order chi connectivity index (χ1) is 10.1. The van der Waals surface area contributed by atoms with Gasteiger partial charge in [-0.15, -0.1) is 0 Å². The van der Waals surface area contributed by atoms with Crippen LogP contribution in [0.4, 0.5) is 0 Å². The number of hydrogen-bond donors (Lipinski definition) is 2. The first-order valence-corrected chi connectivity index (χ1v) is 6.70. The molecule has 21 heavy (non-hydrogen) atoms.